The third kappa shape index (κ3) is 22.4. The van der Waals surface area contributed by atoms with Crippen molar-refractivity contribution in [3.63, 3.8) is 0 Å². The van der Waals surface area contributed by atoms with Gasteiger partial charge in [0.25, 0.3) is 0 Å². The molecule has 0 aromatic rings. The zero-order chi connectivity index (χ0) is 7.28. The normalized spacial score (nSPS) is 6.00. The lowest BCUT2D eigenvalue weighted by Crippen LogP contribution is -2.41. The summed E-state index contributed by atoms with van der Waals surface area (Å²) in [5.74, 6) is 0. The SMILES string of the molecule is Br.Br.Br.NC(=S)NCNC(N)=S. The van der Waals surface area contributed by atoms with Gasteiger partial charge in [0.05, 0.1) is 6.67 Å². The van der Waals surface area contributed by atoms with Gasteiger partial charge in [0, 0.05) is 0 Å². The van der Waals surface area contributed by atoms with Crippen molar-refractivity contribution in [2.75, 3.05) is 6.67 Å². The summed E-state index contributed by atoms with van der Waals surface area (Å²) in [6.07, 6.45) is 0. The number of nitrogens with two attached hydrogens (primary N) is 2. The van der Waals surface area contributed by atoms with Crippen LogP contribution >= 0.6 is 75.4 Å². The molecule has 0 saturated heterocycles. The smallest absolute Gasteiger partial charge is 0.165 e. The number of thiocarbonyl (C=S) groups is 2. The van der Waals surface area contributed by atoms with Crippen LogP contribution in [-0.4, -0.2) is 16.9 Å². The highest BCUT2D eigenvalue weighted by molar-refractivity contribution is 8.93. The van der Waals surface area contributed by atoms with Crippen LogP contribution in [0.5, 0.6) is 0 Å². The summed E-state index contributed by atoms with van der Waals surface area (Å²) in [4.78, 5) is 0. The molecule has 0 unspecified atom stereocenters. The predicted molar refractivity (Wildman–Crippen MR) is 75.7 cm³/mol. The maximum absolute atomic E-state index is 5.07. The monoisotopic (exact) mass is 404 g/mol. The second kappa shape index (κ2) is 14.3. The molecule has 0 amide bonds. The van der Waals surface area contributed by atoms with E-state index in [9.17, 15) is 0 Å². The Morgan fingerprint density at radius 1 is 0.917 bits per heavy atom. The van der Waals surface area contributed by atoms with Crippen molar-refractivity contribution in [1.82, 2.24) is 10.6 Å². The van der Waals surface area contributed by atoms with Crippen molar-refractivity contribution in [2.24, 2.45) is 11.5 Å². The van der Waals surface area contributed by atoms with Gasteiger partial charge in [-0.1, -0.05) is 0 Å². The Morgan fingerprint density at radius 3 is 1.33 bits per heavy atom. The van der Waals surface area contributed by atoms with Gasteiger partial charge in [-0.2, -0.15) is 0 Å². The lowest BCUT2D eigenvalue weighted by molar-refractivity contribution is 0.836. The second-order valence-corrected chi connectivity index (χ2v) is 2.14. The van der Waals surface area contributed by atoms with Crippen molar-refractivity contribution >= 4 is 85.6 Å². The van der Waals surface area contributed by atoms with Gasteiger partial charge >= 0.3 is 0 Å². The van der Waals surface area contributed by atoms with Crippen LogP contribution in [0.1, 0.15) is 0 Å². The van der Waals surface area contributed by atoms with Gasteiger partial charge in [0.2, 0.25) is 0 Å². The van der Waals surface area contributed by atoms with E-state index >= 15 is 0 Å². The molecule has 0 bridgehead atoms. The summed E-state index contributed by atoms with van der Waals surface area (Å²) in [6, 6.07) is 0. The van der Waals surface area contributed by atoms with E-state index in [4.69, 9.17) is 11.5 Å². The molecule has 4 nitrogen and oxygen atoms in total. The standard InChI is InChI=1S/C3H8N4S2.3BrH/c4-2(8)6-1-7-3(5)9;;;/h1H2,(H3,4,6,8)(H3,5,7,9);3*1H. The molecule has 0 aliphatic rings. The first-order valence-corrected chi connectivity index (χ1v) is 3.01. The Kier molecular flexibility index (Phi) is 27.5. The van der Waals surface area contributed by atoms with E-state index in [2.05, 4.69) is 35.1 Å². The molecule has 0 fully saturated rings. The molecule has 0 aromatic carbocycles. The molecule has 0 radical (unpaired) electrons. The van der Waals surface area contributed by atoms with Crippen LogP contribution in [0, 0.1) is 0 Å². The van der Waals surface area contributed by atoms with Crippen LogP contribution in [0.3, 0.4) is 0 Å². The van der Waals surface area contributed by atoms with Crippen LogP contribution in [0.15, 0.2) is 0 Å². The first-order valence-electron chi connectivity index (χ1n) is 2.19. The summed E-state index contributed by atoms with van der Waals surface area (Å²) < 4.78 is 0. The topological polar surface area (TPSA) is 76.1 Å². The summed E-state index contributed by atoms with van der Waals surface area (Å²) >= 11 is 8.98. The average molecular weight is 407 g/mol. The highest BCUT2D eigenvalue weighted by Gasteiger charge is 1.84. The number of halogens is 3. The van der Waals surface area contributed by atoms with Gasteiger partial charge in [0.1, 0.15) is 0 Å². The van der Waals surface area contributed by atoms with Crippen molar-refractivity contribution < 1.29 is 0 Å². The quantitative estimate of drug-likeness (QED) is 0.391. The molecule has 0 rings (SSSR count). The Hall–Kier alpha value is 0.820. The Bertz CT molecular complexity index is 119. The molecule has 0 aliphatic carbocycles. The van der Waals surface area contributed by atoms with Crippen LogP contribution in [0.4, 0.5) is 0 Å². The Balaban J connectivity index is -0.000000107. The van der Waals surface area contributed by atoms with Gasteiger partial charge < -0.3 is 22.1 Å². The summed E-state index contributed by atoms with van der Waals surface area (Å²) in [6.45, 7) is 0.380. The van der Waals surface area contributed by atoms with Gasteiger partial charge in [-0.05, 0) is 24.4 Å². The van der Waals surface area contributed by atoms with Crippen molar-refractivity contribution in [2.45, 2.75) is 0 Å². The maximum Gasteiger partial charge on any atom is 0.165 e. The molecule has 0 heterocycles. The largest absolute Gasteiger partial charge is 0.376 e. The lowest BCUT2D eigenvalue weighted by atomic mass is 10.9. The van der Waals surface area contributed by atoms with E-state index in [1.54, 1.807) is 0 Å². The van der Waals surface area contributed by atoms with Gasteiger partial charge in [-0.3, -0.25) is 0 Å². The summed E-state index contributed by atoms with van der Waals surface area (Å²) in [5.41, 5.74) is 10.1. The molecule has 76 valence electrons. The first-order chi connectivity index (χ1) is 4.13. The summed E-state index contributed by atoms with van der Waals surface area (Å²) in [5, 5.41) is 5.66. The van der Waals surface area contributed by atoms with Crippen LogP contribution in [0.25, 0.3) is 0 Å². The Morgan fingerprint density at radius 2 is 1.17 bits per heavy atom. The molecule has 0 aliphatic heterocycles. The number of rotatable bonds is 2. The molecule has 12 heavy (non-hydrogen) atoms. The molecular weight excluding hydrogens is 396 g/mol. The van der Waals surface area contributed by atoms with Gasteiger partial charge in [0.15, 0.2) is 10.2 Å². The van der Waals surface area contributed by atoms with E-state index in [-0.39, 0.29) is 61.2 Å². The minimum atomic E-state index is 0. The zero-order valence-corrected chi connectivity index (χ0v) is 12.7. The van der Waals surface area contributed by atoms with Crippen LogP contribution in [-0.2, 0) is 0 Å². The Labute approximate surface area is 114 Å². The minimum absolute atomic E-state index is 0. The number of hydrogen-bond donors (Lipinski definition) is 4. The molecule has 0 atom stereocenters. The van der Waals surface area contributed by atoms with E-state index in [1.807, 2.05) is 0 Å². The fourth-order valence-corrected chi connectivity index (χ4v) is 0.363. The lowest BCUT2D eigenvalue weighted by Gasteiger charge is -2.03. The molecular formula is C3H11Br3N4S2. The maximum atomic E-state index is 5.07. The average Bonchev–Trinajstić information content (AvgIpc) is 1.63. The zero-order valence-electron chi connectivity index (χ0n) is 5.90. The highest BCUT2D eigenvalue weighted by Crippen LogP contribution is 1.56. The first kappa shape index (κ1) is 23.0. The molecule has 0 spiro atoms. The van der Waals surface area contributed by atoms with Crippen molar-refractivity contribution in [1.29, 1.82) is 0 Å². The molecule has 6 N–H and O–H groups in total. The van der Waals surface area contributed by atoms with Gasteiger partial charge in [-0.15, -0.1) is 50.9 Å². The fraction of sp³-hybridized carbons (Fsp3) is 0.333. The third-order valence-corrected chi connectivity index (χ3v) is 0.814. The molecule has 0 aromatic heterocycles. The van der Waals surface area contributed by atoms with Crippen molar-refractivity contribution in [3.05, 3.63) is 0 Å². The molecule has 9 heteroatoms. The van der Waals surface area contributed by atoms with Crippen LogP contribution < -0.4 is 22.1 Å². The third-order valence-electron chi connectivity index (χ3n) is 0.525. The predicted octanol–water partition coefficient (Wildman–Crippen LogP) is 0.344. The van der Waals surface area contributed by atoms with Gasteiger partial charge in [-0.25, -0.2) is 0 Å². The fourth-order valence-electron chi connectivity index (χ4n) is 0.218. The van der Waals surface area contributed by atoms with E-state index in [0.29, 0.717) is 6.67 Å². The molecule has 0 saturated carbocycles. The second-order valence-electron chi connectivity index (χ2n) is 1.26. The number of hydrogen-bond acceptors (Lipinski definition) is 2. The summed E-state index contributed by atoms with van der Waals surface area (Å²) in [7, 11) is 0. The van der Waals surface area contributed by atoms with Crippen molar-refractivity contribution in [3.8, 4) is 0 Å². The highest BCUT2D eigenvalue weighted by atomic mass is 79.9. The number of nitrogens with one attached hydrogen (secondary N) is 2. The van der Waals surface area contributed by atoms with E-state index in [0.717, 1.165) is 0 Å². The van der Waals surface area contributed by atoms with Crippen LogP contribution in [0.2, 0.25) is 0 Å². The van der Waals surface area contributed by atoms with E-state index in [1.165, 1.54) is 0 Å². The van der Waals surface area contributed by atoms with E-state index < -0.39 is 0 Å². The minimum Gasteiger partial charge on any atom is -0.376 e.